The van der Waals surface area contributed by atoms with Gasteiger partial charge in [-0.05, 0) is 47.4 Å². The SMILES string of the molecule is CCCCCOc1ccc(C2C(C(=O)/C=C/c3ccccc3)=C(O)C(=O)N2Cc2cccnc2)cc1OC. The number of ketones is 1. The van der Waals surface area contributed by atoms with Crippen LogP contribution in [0.4, 0.5) is 0 Å². The lowest BCUT2D eigenvalue weighted by atomic mass is 9.95. The van der Waals surface area contributed by atoms with Crippen LogP contribution in [-0.2, 0) is 16.1 Å². The van der Waals surface area contributed by atoms with Gasteiger partial charge in [-0.3, -0.25) is 14.6 Å². The fourth-order valence-electron chi connectivity index (χ4n) is 4.44. The smallest absolute Gasteiger partial charge is 0.290 e. The number of pyridine rings is 1. The van der Waals surface area contributed by atoms with E-state index < -0.39 is 23.5 Å². The minimum absolute atomic E-state index is 0.0183. The molecular formula is C31H32N2O5. The van der Waals surface area contributed by atoms with Crippen molar-refractivity contribution in [1.82, 2.24) is 9.88 Å². The van der Waals surface area contributed by atoms with E-state index in [0.29, 0.717) is 23.7 Å². The van der Waals surface area contributed by atoms with Gasteiger partial charge in [-0.15, -0.1) is 0 Å². The van der Waals surface area contributed by atoms with Crippen molar-refractivity contribution >= 4 is 17.8 Å². The van der Waals surface area contributed by atoms with Crippen LogP contribution in [0, 0.1) is 0 Å². The molecule has 0 aliphatic carbocycles. The van der Waals surface area contributed by atoms with E-state index in [2.05, 4.69) is 11.9 Å². The summed E-state index contributed by atoms with van der Waals surface area (Å²) in [6.07, 6.45) is 9.45. The van der Waals surface area contributed by atoms with Gasteiger partial charge in [0.05, 0.1) is 25.3 Å². The predicted molar refractivity (Wildman–Crippen MR) is 146 cm³/mol. The molecule has 1 aliphatic heterocycles. The van der Waals surface area contributed by atoms with Gasteiger partial charge in [0.1, 0.15) is 0 Å². The molecule has 7 nitrogen and oxygen atoms in total. The van der Waals surface area contributed by atoms with Gasteiger partial charge < -0.3 is 19.5 Å². The highest BCUT2D eigenvalue weighted by molar-refractivity contribution is 6.14. The topological polar surface area (TPSA) is 89.0 Å². The first-order chi connectivity index (χ1) is 18.5. The first kappa shape index (κ1) is 26.7. The van der Waals surface area contributed by atoms with E-state index in [1.54, 1.807) is 49.8 Å². The molecule has 0 saturated carbocycles. The molecule has 0 saturated heterocycles. The van der Waals surface area contributed by atoms with Crippen LogP contribution in [0.1, 0.15) is 48.9 Å². The second-order valence-corrected chi connectivity index (χ2v) is 9.03. The maximum Gasteiger partial charge on any atom is 0.290 e. The molecule has 1 aliphatic rings. The van der Waals surface area contributed by atoms with Crippen LogP contribution < -0.4 is 9.47 Å². The number of carbonyl (C=O) groups excluding carboxylic acids is 2. The molecular weight excluding hydrogens is 480 g/mol. The Bertz CT molecular complexity index is 1320. The minimum atomic E-state index is -0.821. The number of carbonyl (C=O) groups is 2. The number of aliphatic hydroxyl groups is 1. The summed E-state index contributed by atoms with van der Waals surface area (Å²) in [6.45, 7) is 2.86. The second kappa shape index (κ2) is 12.7. The van der Waals surface area contributed by atoms with Crippen molar-refractivity contribution < 1.29 is 24.2 Å². The summed E-state index contributed by atoms with van der Waals surface area (Å²) in [6, 6.07) is 17.5. The number of ether oxygens (including phenoxy) is 2. The zero-order valence-electron chi connectivity index (χ0n) is 21.7. The molecule has 0 fully saturated rings. The number of hydrogen-bond acceptors (Lipinski definition) is 6. The Morgan fingerprint density at radius 1 is 1.08 bits per heavy atom. The maximum absolute atomic E-state index is 13.4. The van der Waals surface area contributed by atoms with E-state index in [4.69, 9.17) is 9.47 Å². The van der Waals surface area contributed by atoms with Crippen molar-refractivity contribution in [2.24, 2.45) is 0 Å². The summed E-state index contributed by atoms with van der Waals surface area (Å²) >= 11 is 0. The summed E-state index contributed by atoms with van der Waals surface area (Å²) in [5.41, 5.74) is 2.25. The molecule has 1 unspecified atom stereocenters. The molecule has 1 atom stereocenters. The third-order valence-electron chi connectivity index (χ3n) is 6.38. The van der Waals surface area contributed by atoms with Crippen molar-refractivity contribution in [2.45, 2.75) is 38.8 Å². The van der Waals surface area contributed by atoms with Gasteiger partial charge in [-0.25, -0.2) is 0 Å². The van der Waals surface area contributed by atoms with E-state index >= 15 is 0 Å². The van der Waals surface area contributed by atoms with Gasteiger partial charge in [-0.1, -0.05) is 68.3 Å². The molecule has 0 spiro atoms. The summed E-state index contributed by atoms with van der Waals surface area (Å²) < 4.78 is 11.5. The number of rotatable bonds is 12. The van der Waals surface area contributed by atoms with Gasteiger partial charge in [-0.2, -0.15) is 0 Å². The largest absolute Gasteiger partial charge is 0.503 e. The minimum Gasteiger partial charge on any atom is -0.503 e. The molecule has 0 bridgehead atoms. The summed E-state index contributed by atoms with van der Waals surface area (Å²) in [4.78, 5) is 32.3. The number of benzene rings is 2. The standard InChI is InChI=1S/C31H32N2O5/c1-3-4-8-18-38-26-16-14-24(19-27(26)37-2)29-28(25(34)15-13-22-10-6-5-7-11-22)30(35)31(36)33(29)21-23-12-9-17-32-20-23/h5-7,9-17,19-20,29,35H,3-4,8,18,21H2,1-2H3/b15-13+. The van der Waals surface area contributed by atoms with Gasteiger partial charge >= 0.3 is 0 Å². The van der Waals surface area contributed by atoms with Crippen molar-refractivity contribution in [3.63, 3.8) is 0 Å². The van der Waals surface area contributed by atoms with Crippen LogP contribution in [0.3, 0.4) is 0 Å². The van der Waals surface area contributed by atoms with E-state index in [1.165, 1.54) is 11.0 Å². The third kappa shape index (κ3) is 6.11. The molecule has 4 rings (SSSR count). The van der Waals surface area contributed by atoms with E-state index in [9.17, 15) is 14.7 Å². The Morgan fingerprint density at radius 3 is 2.61 bits per heavy atom. The Kier molecular flexibility index (Phi) is 8.93. The fraction of sp³-hybridized carbons (Fsp3) is 0.258. The quantitative estimate of drug-likeness (QED) is 0.242. The zero-order valence-corrected chi connectivity index (χ0v) is 21.7. The average Bonchev–Trinajstić information content (AvgIpc) is 3.20. The molecule has 0 radical (unpaired) electrons. The van der Waals surface area contributed by atoms with Gasteiger partial charge in [0.25, 0.3) is 5.91 Å². The molecule has 196 valence electrons. The lowest BCUT2D eigenvalue weighted by molar-refractivity contribution is -0.130. The van der Waals surface area contributed by atoms with Crippen LogP contribution in [-0.4, -0.2) is 40.4 Å². The normalized spacial score (nSPS) is 15.4. The number of hydrogen-bond donors (Lipinski definition) is 1. The Balaban J connectivity index is 1.70. The molecule has 7 heteroatoms. The number of unbranched alkanes of at least 4 members (excludes halogenated alkanes) is 2. The van der Waals surface area contributed by atoms with Crippen molar-refractivity contribution in [3.05, 3.63) is 107 Å². The monoisotopic (exact) mass is 512 g/mol. The third-order valence-corrected chi connectivity index (χ3v) is 6.38. The highest BCUT2D eigenvalue weighted by Crippen LogP contribution is 2.41. The molecule has 2 heterocycles. The zero-order chi connectivity index (χ0) is 26.9. The Labute approximate surface area is 223 Å². The van der Waals surface area contributed by atoms with Crippen LogP contribution in [0.25, 0.3) is 6.08 Å². The van der Waals surface area contributed by atoms with Gasteiger partial charge in [0.2, 0.25) is 0 Å². The summed E-state index contributed by atoms with van der Waals surface area (Å²) in [5, 5.41) is 10.9. The first-order valence-electron chi connectivity index (χ1n) is 12.7. The Morgan fingerprint density at radius 2 is 1.89 bits per heavy atom. The summed E-state index contributed by atoms with van der Waals surface area (Å²) in [7, 11) is 1.55. The average molecular weight is 513 g/mol. The summed E-state index contributed by atoms with van der Waals surface area (Å²) in [5.74, 6) is -0.543. The molecule has 2 aromatic carbocycles. The van der Waals surface area contributed by atoms with Crippen LogP contribution in [0.15, 0.2) is 90.5 Å². The number of methoxy groups -OCH3 is 1. The molecule has 1 aromatic heterocycles. The van der Waals surface area contributed by atoms with Crippen molar-refractivity contribution in [1.29, 1.82) is 0 Å². The van der Waals surface area contributed by atoms with Gasteiger partial charge in [0.15, 0.2) is 23.0 Å². The lowest BCUT2D eigenvalue weighted by Gasteiger charge is -2.27. The highest BCUT2D eigenvalue weighted by Gasteiger charge is 2.43. The van der Waals surface area contributed by atoms with Crippen LogP contribution >= 0.6 is 0 Å². The maximum atomic E-state index is 13.4. The lowest BCUT2D eigenvalue weighted by Crippen LogP contribution is -2.30. The number of aromatic nitrogens is 1. The van der Waals surface area contributed by atoms with Crippen molar-refractivity contribution in [3.8, 4) is 11.5 Å². The number of amides is 1. The molecule has 3 aromatic rings. The molecule has 1 N–H and O–H groups in total. The molecule has 1 amide bonds. The highest BCUT2D eigenvalue weighted by atomic mass is 16.5. The number of aliphatic hydroxyl groups excluding tert-OH is 1. The van der Waals surface area contributed by atoms with E-state index in [0.717, 1.165) is 30.4 Å². The van der Waals surface area contributed by atoms with E-state index in [-0.39, 0.29) is 12.1 Å². The molecule has 38 heavy (non-hydrogen) atoms. The van der Waals surface area contributed by atoms with E-state index in [1.807, 2.05) is 36.4 Å². The van der Waals surface area contributed by atoms with Gasteiger partial charge in [0, 0.05) is 18.9 Å². The first-order valence-corrected chi connectivity index (χ1v) is 12.7. The number of nitrogens with zero attached hydrogens (tertiary/aromatic N) is 2. The Hall–Kier alpha value is -4.39. The fourth-order valence-corrected chi connectivity index (χ4v) is 4.44. The second-order valence-electron chi connectivity index (χ2n) is 9.03. The van der Waals surface area contributed by atoms with Crippen LogP contribution in [0.5, 0.6) is 11.5 Å². The van der Waals surface area contributed by atoms with Crippen molar-refractivity contribution in [2.75, 3.05) is 13.7 Å². The van der Waals surface area contributed by atoms with Crippen LogP contribution in [0.2, 0.25) is 0 Å². The number of allylic oxidation sites excluding steroid dienone is 1. The predicted octanol–water partition coefficient (Wildman–Crippen LogP) is 5.84.